The summed E-state index contributed by atoms with van der Waals surface area (Å²) in [6.45, 7) is 3.48. The van der Waals surface area contributed by atoms with E-state index in [4.69, 9.17) is 5.84 Å². The topological polar surface area (TPSA) is 99.7 Å². The number of aromatic nitrogens is 1. The van der Waals surface area contributed by atoms with Crippen molar-refractivity contribution in [3.8, 4) is 0 Å². The van der Waals surface area contributed by atoms with E-state index in [9.17, 15) is 19.4 Å². The number of fused-ring (bicyclic) bond motifs is 1. The number of hydrogen-bond acceptors (Lipinski definition) is 5. The summed E-state index contributed by atoms with van der Waals surface area (Å²) in [5.41, 5.74) is -0.571. The first-order chi connectivity index (χ1) is 12.4. The largest absolute Gasteiger partial charge is 0.479 e. The van der Waals surface area contributed by atoms with Crippen molar-refractivity contribution in [2.45, 2.75) is 45.1 Å². The van der Waals surface area contributed by atoms with Crippen LogP contribution >= 0.6 is 0 Å². The van der Waals surface area contributed by atoms with E-state index < -0.39 is 17.3 Å². The van der Waals surface area contributed by atoms with Gasteiger partial charge in [-0.1, -0.05) is 19.8 Å². The van der Waals surface area contributed by atoms with Crippen molar-refractivity contribution >= 4 is 22.6 Å². The Morgan fingerprint density at radius 1 is 1.38 bits per heavy atom. The van der Waals surface area contributed by atoms with Crippen molar-refractivity contribution in [1.29, 1.82) is 0 Å². The first-order valence-corrected chi connectivity index (χ1v) is 8.79. The van der Waals surface area contributed by atoms with Crippen LogP contribution in [-0.4, -0.2) is 33.3 Å². The summed E-state index contributed by atoms with van der Waals surface area (Å²) in [5.74, 6) is 4.49. The van der Waals surface area contributed by atoms with Crippen molar-refractivity contribution in [3.63, 3.8) is 0 Å². The fraction of sp³-hybridized carbons (Fsp3) is 0.474. The number of carboxylic acid groups (broad SMARTS) is 1. The molecule has 7 heteroatoms. The van der Waals surface area contributed by atoms with Gasteiger partial charge in [-0.15, -0.1) is 0 Å². The lowest BCUT2D eigenvalue weighted by molar-refractivity contribution is -0.145. The number of hydrazine groups is 1. The maximum absolute atomic E-state index is 13.5. The lowest BCUT2D eigenvalue weighted by Crippen LogP contribution is -2.61. The second-order valence-corrected chi connectivity index (χ2v) is 6.67. The number of rotatable bonds is 9. The number of benzene rings is 1. The Bertz CT molecular complexity index is 771. The van der Waals surface area contributed by atoms with Gasteiger partial charge in [0.25, 0.3) is 0 Å². The maximum atomic E-state index is 13.5. The Balaban J connectivity index is 2.54. The molecule has 0 radical (unpaired) electrons. The van der Waals surface area contributed by atoms with Crippen LogP contribution in [-0.2, 0) is 4.79 Å². The highest BCUT2D eigenvalue weighted by molar-refractivity contribution is 5.94. The Labute approximate surface area is 152 Å². The number of carboxylic acids is 1. The molecule has 0 saturated heterocycles. The van der Waals surface area contributed by atoms with Crippen LogP contribution in [0.4, 0.5) is 10.1 Å². The molecular formula is C19H26FN3O3. The van der Waals surface area contributed by atoms with E-state index in [-0.39, 0.29) is 12.5 Å². The quantitative estimate of drug-likeness (QED) is 0.468. The Morgan fingerprint density at radius 3 is 2.73 bits per heavy atom. The summed E-state index contributed by atoms with van der Waals surface area (Å²) in [5, 5.41) is 21.2. The summed E-state index contributed by atoms with van der Waals surface area (Å²) >= 11 is 0. The molecule has 0 aliphatic rings. The van der Waals surface area contributed by atoms with Gasteiger partial charge in [0.05, 0.1) is 11.2 Å². The molecule has 2 aromatic rings. The Kier molecular flexibility index (Phi) is 6.50. The number of aliphatic carboxylic acids is 1. The van der Waals surface area contributed by atoms with Gasteiger partial charge in [-0.05, 0) is 43.9 Å². The molecular weight excluding hydrogens is 337 g/mol. The number of aliphatic hydroxyl groups is 1. The number of aliphatic hydroxyl groups excluding tert-OH is 1. The van der Waals surface area contributed by atoms with Gasteiger partial charge in [-0.3, -0.25) is 9.99 Å². The predicted molar refractivity (Wildman–Crippen MR) is 99.1 cm³/mol. The zero-order valence-corrected chi connectivity index (χ0v) is 15.2. The molecule has 1 aromatic carbocycles. The maximum Gasteiger partial charge on any atom is 0.331 e. The third-order valence-electron chi connectivity index (χ3n) is 5.05. The fourth-order valence-corrected chi connectivity index (χ4v) is 3.35. The summed E-state index contributed by atoms with van der Waals surface area (Å²) in [6, 6.07) is 5.74. The molecule has 6 nitrogen and oxygen atoms in total. The molecule has 0 aliphatic carbocycles. The number of hydrogen-bond donors (Lipinski definition) is 3. The fourth-order valence-electron chi connectivity index (χ4n) is 3.35. The van der Waals surface area contributed by atoms with Crippen molar-refractivity contribution in [3.05, 3.63) is 36.3 Å². The Morgan fingerprint density at radius 2 is 2.12 bits per heavy atom. The number of nitrogens with two attached hydrogens (primary N) is 1. The van der Waals surface area contributed by atoms with E-state index >= 15 is 0 Å². The molecule has 1 aromatic heterocycles. The third kappa shape index (κ3) is 3.78. The van der Waals surface area contributed by atoms with Gasteiger partial charge in [0, 0.05) is 24.3 Å². The number of unbranched alkanes of at least 4 members (excludes halogenated alkanes) is 1. The molecule has 142 valence electrons. The normalized spacial score (nSPS) is 14.8. The lowest BCUT2D eigenvalue weighted by Gasteiger charge is -2.42. The monoisotopic (exact) mass is 363 g/mol. The van der Waals surface area contributed by atoms with E-state index in [1.807, 2.05) is 6.92 Å². The highest BCUT2D eigenvalue weighted by Gasteiger charge is 2.45. The van der Waals surface area contributed by atoms with Crippen molar-refractivity contribution in [2.75, 3.05) is 11.6 Å². The van der Waals surface area contributed by atoms with Gasteiger partial charge in [0.15, 0.2) is 5.54 Å². The van der Waals surface area contributed by atoms with Crippen molar-refractivity contribution in [1.82, 2.24) is 4.98 Å². The van der Waals surface area contributed by atoms with Gasteiger partial charge in [-0.25, -0.2) is 15.0 Å². The van der Waals surface area contributed by atoms with Crippen LogP contribution < -0.4 is 10.9 Å². The average Bonchev–Trinajstić information content (AvgIpc) is 2.62. The standard InChI is InChI=1S/C19H26FN3O3/c1-3-4-5-13(9-11-24)19(2,18(25)26)23(21)17-8-10-22-16-12-14(20)6-7-15(16)17/h6-8,10,12-13,24H,3-5,9,11,21H2,1-2H3,(H,25,26). The van der Waals surface area contributed by atoms with Crippen LogP contribution in [0.25, 0.3) is 10.9 Å². The minimum Gasteiger partial charge on any atom is -0.479 e. The third-order valence-corrected chi connectivity index (χ3v) is 5.05. The Hall–Kier alpha value is -2.25. The van der Waals surface area contributed by atoms with E-state index in [1.54, 1.807) is 19.1 Å². The molecule has 0 saturated carbocycles. The van der Waals surface area contributed by atoms with E-state index in [2.05, 4.69) is 4.98 Å². The van der Waals surface area contributed by atoms with Gasteiger partial charge in [0.2, 0.25) is 0 Å². The minimum absolute atomic E-state index is 0.118. The molecule has 0 amide bonds. The lowest BCUT2D eigenvalue weighted by atomic mass is 9.79. The summed E-state index contributed by atoms with van der Waals surface area (Å²) < 4.78 is 13.5. The summed E-state index contributed by atoms with van der Waals surface area (Å²) in [7, 11) is 0. The second kappa shape index (κ2) is 8.42. The number of halogens is 1. The number of carbonyl (C=O) groups is 1. The highest BCUT2D eigenvalue weighted by Crippen LogP contribution is 2.36. The molecule has 2 rings (SSSR count). The molecule has 2 atom stereocenters. The predicted octanol–water partition coefficient (Wildman–Crippen LogP) is 3.09. The molecule has 26 heavy (non-hydrogen) atoms. The van der Waals surface area contributed by atoms with Gasteiger partial charge in [-0.2, -0.15) is 0 Å². The molecule has 2 unspecified atom stereocenters. The van der Waals surface area contributed by atoms with Gasteiger partial charge in [0.1, 0.15) is 5.82 Å². The van der Waals surface area contributed by atoms with Crippen molar-refractivity contribution in [2.24, 2.45) is 11.8 Å². The smallest absolute Gasteiger partial charge is 0.331 e. The first-order valence-electron chi connectivity index (χ1n) is 8.79. The zero-order valence-electron chi connectivity index (χ0n) is 15.2. The molecule has 1 heterocycles. The molecule has 0 bridgehead atoms. The van der Waals surface area contributed by atoms with E-state index in [1.165, 1.54) is 23.3 Å². The van der Waals surface area contributed by atoms with E-state index in [0.29, 0.717) is 29.4 Å². The van der Waals surface area contributed by atoms with Crippen LogP contribution in [0.2, 0.25) is 0 Å². The molecule has 0 spiro atoms. The SMILES string of the molecule is CCCCC(CCO)C(C)(C(=O)O)N(N)c1ccnc2cc(F)ccc12. The minimum atomic E-state index is -1.43. The zero-order chi connectivity index (χ0) is 19.3. The van der Waals surface area contributed by atoms with Gasteiger partial charge >= 0.3 is 5.97 Å². The number of nitrogens with zero attached hydrogens (tertiary/aromatic N) is 2. The number of pyridine rings is 1. The first kappa shape index (κ1) is 20.1. The second-order valence-electron chi connectivity index (χ2n) is 6.67. The average molecular weight is 363 g/mol. The molecule has 0 fully saturated rings. The summed E-state index contributed by atoms with van der Waals surface area (Å²) in [6.07, 6.45) is 4.19. The molecule has 4 N–H and O–H groups in total. The van der Waals surface area contributed by atoms with Crippen LogP contribution in [0.1, 0.15) is 39.5 Å². The van der Waals surface area contributed by atoms with Gasteiger partial charge < -0.3 is 10.2 Å². The molecule has 0 aliphatic heterocycles. The highest BCUT2D eigenvalue weighted by atomic mass is 19.1. The van der Waals surface area contributed by atoms with Crippen molar-refractivity contribution < 1.29 is 19.4 Å². The van der Waals surface area contributed by atoms with Crippen LogP contribution in [0.5, 0.6) is 0 Å². The van der Waals surface area contributed by atoms with Crippen LogP contribution in [0.3, 0.4) is 0 Å². The van der Waals surface area contributed by atoms with E-state index in [0.717, 1.165) is 12.8 Å². The van der Waals surface area contributed by atoms with Crippen LogP contribution in [0, 0.1) is 11.7 Å². The van der Waals surface area contributed by atoms with Crippen LogP contribution in [0.15, 0.2) is 30.5 Å². The summed E-state index contributed by atoms with van der Waals surface area (Å²) in [4.78, 5) is 16.4. The number of anilines is 1.